The van der Waals surface area contributed by atoms with E-state index in [0.717, 1.165) is 11.8 Å². The molecule has 2 aliphatic rings. The molecular formula is C16H32N2. The summed E-state index contributed by atoms with van der Waals surface area (Å²) in [6.45, 7) is 12.3. The normalized spacial score (nSPS) is 32.0. The van der Waals surface area contributed by atoms with E-state index in [9.17, 15) is 0 Å². The van der Waals surface area contributed by atoms with Gasteiger partial charge in [0, 0.05) is 5.54 Å². The third-order valence-corrected chi connectivity index (χ3v) is 5.44. The average molecular weight is 252 g/mol. The second-order valence-corrected chi connectivity index (χ2v) is 6.78. The molecule has 0 bridgehead atoms. The van der Waals surface area contributed by atoms with Gasteiger partial charge in [0.05, 0.1) is 0 Å². The average Bonchev–Trinajstić information content (AvgIpc) is 2.40. The van der Waals surface area contributed by atoms with Crippen molar-refractivity contribution in [2.24, 2.45) is 11.8 Å². The number of nitrogens with zero attached hydrogens (tertiary/aromatic N) is 1. The number of hydrogen-bond donors (Lipinski definition) is 1. The van der Waals surface area contributed by atoms with Crippen LogP contribution in [0.5, 0.6) is 0 Å². The highest BCUT2D eigenvalue weighted by Gasteiger charge is 2.37. The van der Waals surface area contributed by atoms with Gasteiger partial charge in [0.2, 0.25) is 0 Å². The van der Waals surface area contributed by atoms with Crippen LogP contribution in [0.25, 0.3) is 0 Å². The van der Waals surface area contributed by atoms with Crippen molar-refractivity contribution in [3.8, 4) is 0 Å². The Morgan fingerprint density at radius 3 is 2.44 bits per heavy atom. The zero-order valence-corrected chi connectivity index (χ0v) is 12.7. The summed E-state index contributed by atoms with van der Waals surface area (Å²) in [6, 6.07) is 0. The highest BCUT2D eigenvalue weighted by atomic mass is 15.1. The molecule has 2 nitrogen and oxygen atoms in total. The van der Waals surface area contributed by atoms with Gasteiger partial charge in [-0.2, -0.15) is 0 Å². The highest BCUT2D eigenvalue weighted by molar-refractivity contribution is 4.95. The minimum atomic E-state index is 0.456. The van der Waals surface area contributed by atoms with Crippen LogP contribution in [0.3, 0.4) is 0 Å². The van der Waals surface area contributed by atoms with Gasteiger partial charge in [0.15, 0.2) is 0 Å². The lowest BCUT2D eigenvalue weighted by Gasteiger charge is -2.45. The van der Waals surface area contributed by atoms with Crippen molar-refractivity contribution >= 4 is 0 Å². The van der Waals surface area contributed by atoms with Crippen LogP contribution in [-0.2, 0) is 0 Å². The van der Waals surface area contributed by atoms with Crippen molar-refractivity contribution in [3.63, 3.8) is 0 Å². The standard InChI is InChI=1S/C16H32N2/c1-4-18-11-7-15(8-12-18)13-16(14(2)3)9-5-6-10-17-16/h14-15,17H,4-13H2,1-3H3. The molecule has 1 unspecified atom stereocenters. The largest absolute Gasteiger partial charge is 0.311 e. The Hall–Kier alpha value is -0.0800. The molecule has 0 amide bonds. The van der Waals surface area contributed by atoms with Crippen LogP contribution in [0.1, 0.15) is 59.3 Å². The van der Waals surface area contributed by atoms with E-state index in [1.54, 1.807) is 0 Å². The summed E-state index contributed by atoms with van der Waals surface area (Å²) in [4.78, 5) is 2.60. The molecule has 2 heteroatoms. The molecule has 1 N–H and O–H groups in total. The maximum Gasteiger partial charge on any atom is 0.0207 e. The predicted octanol–water partition coefficient (Wildman–Crippen LogP) is 3.28. The third-order valence-electron chi connectivity index (χ3n) is 5.44. The Labute approximate surface area is 114 Å². The van der Waals surface area contributed by atoms with Gasteiger partial charge in [-0.15, -0.1) is 0 Å². The van der Waals surface area contributed by atoms with E-state index < -0.39 is 0 Å². The first-order chi connectivity index (χ1) is 8.66. The van der Waals surface area contributed by atoms with Crippen molar-refractivity contribution < 1.29 is 0 Å². The van der Waals surface area contributed by atoms with Gasteiger partial charge >= 0.3 is 0 Å². The Balaban J connectivity index is 1.89. The molecular weight excluding hydrogens is 220 g/mol. The molecule has 0 aromatic carbocycles. The number of likely N-dealkylation sites (tertiary alicyclic amines) is 1. The summed E-state index contributed by atoms with van der Waals surface area (Å²) in [5, 5.41) is 3.89. The van der Waals surface area contributed by atoms with Crippen molar-refractivity contribution in [2.45, 2.75) is 64.8 Å². The molecule has 2 aliphatic heterocycles. The molecule has 0 aliphatic carbocycles. The summed E-state index contributed by atoms with van der Waals surface area (Å²) >= 11 is 0. The second kappa shape index (κ2) is 6.38. The van der Waals surface area contributed by atoms with Gasteiger partial charge < -0.3 is 10.2 Å². The van der Waals surface area contributed by atoms with E-state index in [2.05, 4.69) is 31.0 Å². The molecule has 0 radical (unpaired) electrons. The maximum absolute atomic E-state index is 3.89. The smallest absolute Gasteiger partial charge is 0.0207 e. The van der Waals surface area contributed by atoms with Crippen molar-refractivity contribution in [1.82, 2.24) is 10.2 Å². The second-order valence-electron chi connectivity index (χ2n) is 6.78. The Morgan fingerprint density at radius 1 is 1.22 bits per heavy atom. The predicted molar refractivity (Wildman–Crippen MR) is 78.9 cm³/mol. The SMILES string of the molecule is CCN1CCC(CC2(C(C)C)CCCCN2)CC1. The van der Waals surface area contributed by atoms with Crippen LogP contribution in [0.4, 0.5) is 0 Å². The minimum Gasteiger partial charge on any atom is -0.311 e. The van der Waals surface area contributed by atoms with E-state index in [-0.39, 0.29) is 0 Å². The fraction of sp³-hybridized carbons (Fsp3) is 1.00. The monoisotopic (exact) mass is 252 g/mol. The van der Waals surface area contributed by atoms with Crippen molar-refractivity contribution in [2.75, 3.05) is 26.2 Å². The number of rotatable bonds is 4. The first-order valence-electron chi connectivity index (χ1n) is 8.13. The lowest BCUT2D eigenvalue weighted by Crippen LogP contribution is -2.54. The maximum atomic E-state index is 3.89. The Bertz CT molecular complexity index is 235. The van der Waals surface area contributed by atoms with Crippen molar-refractivity contribution in [1.29, 1.82) is 0 Å². The summed E-state index contributed by atoms with van der Waals surface area (Å²) < 4.78 is 0. The summed E-state index contributed by atoms with van der Waals surface area (Å²) in [6.07, 6.45) is 8.47. The third kappa shape index (κ3) is 3.27. The number of nitrogens with one attached hydrogen (secondary N) is 1. The van der Waals surface area contributed by atoms with Gasteiger partial charge in [-0.3, -0.25) is 0 Å². The fourth-order valence-corrected chi connectivity index (χ4v) is 3.92. The van der Waals surface area contributed by atoms with Gasteiger partial charge in [0.25, 0.3) is 0 Å². The number of hydrogen-bond acceptors (Lipinski definition) is 2. The van der Waals surface area contributed by atoms with Crippen LogP contribution in [0.2, 0.25) is 0 Å². The quantitative estimate of drug-likeness (QED) is 0.826. The van der Waals surface area contributed by atoms with Crippen LogP contribution >= 0.6 is 0 Å². The van der Waals surface area contributed by atoms with Gasteiger partial charge in [-0.1, -0.05) is 27.2 Å². The number of piperidine rings is 2. The zero-order chi connectivity index (χ0) is 13.0. The summed E-state index contributed by atoms with van der Waals surface area (Å²) in [5.74, 6) is 1.74. The van der Waals surface area contributed by atoms with Gasteiger partial charge in [-0.05, 0) is 70.1 Å². The topological polar surface area (TPSA) is 15.3 Å². The van der Waals surface area contributed by atoms with Crippen molar-refractivity contribution in [3.05, 3.63) is 0 Å². The molecule has 106 valence electrons. The zero-order valence-electron chi connectivity index (χ0n) is 12.7. The van der Waals surface area contributed by atoms with E-state index in [1.807, 2.05) is 0 Å². The first-order valence-corrected chi connectivity index (χ1v) is 8.13. The Kier molecular flexibility index (Phi) is 5.08. The Morgan fingerprint density at radius 2 is 1.94 bits per heavy atom. The molecule has 2 fully saturated rings. The molecule has 1 atom stereocenters. The summed E-state index contributed by atoms with van der Waals surface area (Å²) in [5.41, 5.74) is 0.456. The van der Waals surface area contributed by atoms with Crippen LogP contribution in [0, 0.1) is 11.8 Å². The fourth-order valence-electron chi connectivity index (χ4n) is 3.92. The highest BCUT2D eigenvalue weighted by Crippen LogP contribution is 2.36. The van der Waals surface area contributed by atoms with E-state index >= 15 is 0 Å². The minimum absolute atomic E-state index is 0.456. The van der Waals surface area contributed by atoms with E-state index in [0.29, 0.717) is 5.54 Å². The van der Waals surface area contributed by atoms with E-state index in [1.165, 1.54) is 64.7 Å². The molecule has 18 heavy (non-hydrogen) atoms. The molecule has 2 heterocycles. The first kappa shape index (κ1) is 14.3. The lowest BCUT2D eigenvalue weighted by atomic mass is 9.72. The van der Waals surface area contributed by atoms with Crippen LogP contribution in [-0.4, -0.2) is 36.6 Å². The molecule has 2 saturated heterocycles. The molecule has 2 rings (SSSR count). The van der Waals surface area contributed by atoms with E-state index in [4.69, 9.17) is 0 Å². The van der Waals surface area contributed by atoms with Crippen LogP contribution < -0.4 is 5.32 Å². The summed E-state index contributed by atoms with van der Waals surface area (Å²) in [7, 11) is 0. The molecule has 0 aromatic rings. The molecule has 0 spiro atoms. The van der Waals surface area contributed by atoms with Gasteiger partial charge in [0.1, 0.15) is 0 Å². The molecule has 0 aromatic heterocycles. The molecule has 0 saturated carbocycles. The van der Waals surface area contributed by atoms with Gasteiger partial charge in [-0.25, -0.2) is 0 Å². The van der Waals surface area contributed by atoms with Crippen LogP contribution in [0.15, 0.2) is 0 Å². The lowest BCUT2D eigenvalue weighted by molar-refractivity contribution is 0.107.